The van der Waals surface area contributed by atoms with Gasteiger partial charge in [-0.3, -0.25) is 0 Å². The molecule has 84 valence electrons. The second-order valence-corrected chi connectivity index (χ2v) is 6.36. The molecule has 4 nitrogen and oxygen atoms in total. The molecule has 0 aliphatic heterocycles. The van der Waals surface area contributed by atoms with E-state index in [2.05, 4.69) is 4.72 Å². The van der Waals surface area contributed by atoms with E-state index < -0.39 is 10.0 Å². The van der Waals surface area contributed by atoms with Crippen molar-refractivity contribution in [3.8, 4) is 0 Å². The summed E-state index contributed by atoms with van der Waals surface area (Å²) in [5, 5.41) is 8.81. The predicted molar refractivity (Wildman–Crippen MR) is 55.4 cm³/mol. The van der Waals surface area contributed by atoms with Crippen LogP contribution in [0.5, 0.6) is 0 Å². The topological polar surface area (TPSA) is 66.4 Å². The molecule has 1 unspecified atom stereocenters. The first-order valence-electron chi connectivity index (χ1n) is 5.07. The Bertz CT molecular complexity index is 270. The number of aliphatic hydroxyl groups excluding tert-OH is 1. The molecular weight excluding hydrogens is 202 g/mol. The van der Waals surface area contributed by atoms with E-state index in [4.69, 9.17) is 5.11 Å². The van der Waals surface area contributed by atoms with Crippen molar-refractivity contribution >= 4 is 10.0 Å². The highest BCUT2D eigenvalue weighted by Gasteiger charge is 2.36. The first-order valence-corrected chi connectivity index (χ1v) is 6.62. The first-order chi connectivity index (χ1) is 6.45. The second kappa shape index (κ2) is 4.59. The van der Waals surface area contributed by atoms with Crippen molar-refractivity contribution in [1.82, 2.24) is 4.72 Å². The summed E-state index contributed by atoms with van der Waals surface area (Å²) in [6.45, 7) is 3.90. The van der Waals surface area contributed by atoms with Crippen LogP contribution in [0.1, 0.15) is 33.1 Å². The minimum atomic E-state index is -3.15. The lowest BCUT2D eigenvalue weighted by molar-refractivity contribution is 0.240. The molecular formula is C9H19NO3S. The average molecular weight is 221 g/mol. The lowest BCUT2D eigenvalue weighted by Crippen LogP contribution is -2.40. The third-order valence-corrected chi connectivity index (χ3v) is 4.28. The first kappa shape index (κ1) is 11.9. The smallest absolute Gasteiger partial charge is 0.214 e. The number of rotatable bonds is 6. The third kappa shape index (κ3) is 3.55. The van der Waals surface area contributed by atoms with Crippen LogP contribution in [-0.4, -0.2) is 31.4 Å². The zero-order valence-corrected chi connectivity index (χ0v) is 9.55. The van der Waals surface area contributed by atoms with Crippen molar-refractivity contribution in [2.24, 2.45) is 5.92 Å². The molecule has 0 aromatic carbocycles. The standard InChI is InChI=1S/C9H19NO3S/c1-7(2)5-8(6-11)10-14(12,13)9-3-4-9/h7-11H,3-6H2,1-2H3. The van der Waals surface area contributed by atoms with Crippen LogP contribution in [-0.2, 0) is 10.0 Å². The lowest BCUT2D eigenvalue weighted by atomic mass is 10.1. The minimum absolute atomic E-state index is 0.121. The van der Waals surface area contributed by atoms with E-state index in [9.17, 15) is 8.42 Å². The summed E-state index contributed by atoms with van der Waals surface area (Å²) in [6.07, 6.45) is 2.20. The van der Waals surface area contributed by atoms with Gasteiger partial charge in [0.15, 0.2) is 0 Å². The highest BCUT2D eigenvalue weighted by molar-refractivity contribution is 7.90. The van der Waals surface area contributed by atoms with E-state index in [1.54, 1.807) is 0 Å². The van der Waals surface area contributed by atoms with Gasteiger partial charge in [0.1, 0.15) is 0 Å². The number of sulfonamides is 1. The van der Waals surface area contributed by atoms with E-state index >= 15 is 0 Å². The number of nitrogens with one attached hydrogen (secondary N) is 1. The summed E-state index contributed by atoms with van der Waals surface area (Å²) in [6, 6.07) is -0.319. The molecule has 0 heterocycles. The van der Waals surface area contributed by atoms with Gasteiger partial charge in [0, 0.05) is 6.04 Å². The fraction of sp³-hybridized carbons (Fsp3) is 1.00. The third-order valence-electron chi connectivity index (χ3n) is 2.27. The van der Waals surface area contributed by atoms with Gasteiger partial charge in [0.05, 0.1) is 11.9 Å². The molecule has 1 aliphatic rings. The molecule has 2 N–H and O–H groups in total. The quantitative estimate of drug-likeness (QED) is 0.685. The Morgan fingerprint density at radius 3 is 2.36 bits per heavy atom. The highest BCUT2D eigenvalue weighted by atomic mass is 32.2. The maximum atomic E-state index is 11.5. The van der Waals surface area contributed by atoms with Crippen LogP contribution in [0.25, 0.3) is 0 Å². The number of hydrogen-bond donors (Lipinski definition) is 2. The van der Waals surface area contributed by atoms with Crippen molar-refractivity contribution in [2.45, 2.75) is 44.4 Å². The summed E-state index contributed by atoms with van der Waals surface area (Å²) in [5.41, 5.74) is 0. The van der Waals surface area contributed by atoms with Gasteiger partial charge in [0.25, 0.3) is 0 Å². The summed E-state index contributed by atoms with van der Waals surface area (Å²) in [5.74, 6) is 0.383. The molecule has 1 rings (SSSR count). The van der Waals surface area contributed by atoms with Crippen molar-refractivity contribution in [1.29, 1.82) is 0 Å². The van der Waals surface area contributed by atoms with E-state index in [1.807, 2.05) is 13.8 Å². The summed E-state index contributed by atoms with van der Waals surface area (Å²) in [7, 11) is -3.15. The summed E-state index contributed by atoms with van der Waals surface area (Å²) < 4.78 is 25.6. The summed E-state index contributed by atoms with van der Waals surface area (Å²) >= 11 is 0. The Morgan fingerprint density at radius 1 is 1.43 bits per heavy atom. The van der Waals surface area contributed by atoms with Crippen LogP contribution in [0.4, 0.5) is 0 Å². The molecule has 14 heavy (non-hydrogen) atoms. The Morgan fingerprint density at radius 2 is 2.00 bits per heavy atom. The van der Waals surface area contributed by atoms with Gasteiger partial charge in [0.2, 0.25) is 10.0 Å². The fourth-order valence-electron chi connectivity index (χ4n) is 1.44. The molecule has 0 spiro atoms. The molecule has 1 fully saturated rings. The largest absolute Gasteiger partial charge is 0.395 e. The van der Waals surface area contributed by atoms with Gasteiger partial charge in [-0.2, -0.15) is 0 Å². The van der Waals surface area contributed by atoms with E-state index in [0.717, 1.165) is 12.8 Å². The average Bonchev–Trinajstić information content (AvgIpc) is 2.83. The molecule has 0 aromatic heterocycles. The molecule has 0 bridgehead atoms. The Labute approximate surface area is 85.8 Å². The minimum Gasteiger partial charge on any atom is -0.395 e. The van der Waals surface area contributed by atoms with Gasteiger partial charge in [-0.1, -0.05) is 13.8 Å². The van der Waals surface area contributed by atoms with Gasteiger partial charge in [-0.05, 0) is 25.2 Å². The van der Waals surface area contributed by atoms with Gasteiger partial charge in [-0.25, -0.2) is 13.1 Å². The molecule has 0 amide bonds. The predicted octanol–water partition coefficient (Wildman–Crippen LogP) is 0.475. The van der Waals surface area contributed by atoms with Crippen LogP contribution in [0.15, 0.2) is 0 Å². The number of hydrogen-bond acceptors (Lipinski definition) is 3. The normalized spacial score (nSPS) is 20.0. The van der Waals surface area contributed by atoms with Crippen LogP contribution in [0.2, 0.25) is 0 Å². The fourth-order valence-corrected chi connectivity index (χ4v) is 3.02. The van der Waals surface area contributed by atoms with E-state index in [-0.39, 0.29) is 17.9 Å². The van der Waals surface area contributed by atoms with Crippen LogP contribution >= 0.6 is 0 Å². The van der Waals surface area contributed by atoms with Gasteiger partial charge in [-0.15, -0.1) is 0 Å². The lowest BCUT2D eigenvalue weighted by Gasteiger charge is -2.17. The van der Waals surface area contributed by atoms with Crippen LogP contribution in [0, 0.1) is 5.92 Å². The zero-order valence-electron chi connectivity index (χ0n) is 8.73. The maximum absolute atomic E-state index is 11.5. The van der Waals surface area contributed by atoms with E-state index in [0.29, 0.717) is 12.3 Å². The maximum Gasteiger partial charge on any atom is 0.214 e. The zero-order chi connectivity index (χ0) is 10.8. The summed E-state index contributed by atoms with van der Waals surface area (Å²) in [4.78, 5) is 0. The molecule has 1 atom stereocenters. The van der Waals surface area contributed by atoms with Crippen molar-refractivity contribution in [2.75, 3.05) is 6.61 Å². The molecule has 1 aliphatic carbocycles. The van der Waals surface area contributed by atoms with Crippen LogP contribution in [0.3, 0.4) is 0 Å². The monoisotopic (exact) mass is 221 g/mol. The Balaban J connectivity index is 2.46. The SMILES string of the molecule is CC(C)CC(CO)NS(=O)(=O)C1CC1. The van der Waals surface area contributed by atoms with Crippen molar-refractivity contribution < 1.29 is 13.5 Å². The highest BCUT2D eigenvalue weighted by Crippen LogP contribution is 2.27. The van der Waals surface area contributed by atoms with Gasteiger partial charge >= 0.3 is 0 Å². The molecule has 5 heteroatoms. The van der Waals surface area contributed by atoms with Crippen LogP contribution < -0.4 is 4.72 Å². The molecule has 0 radical (unpaired) electrons. The molecule has 0 saturated heterocycles. The number of aliphatic hydroxyl groups is 1. The van der Waals surface area contributed by atoms with Crippen molar-refractivity contribution in [3.05, 3.63) is 0 Å². The molecule has 1 saturated carbocycles. The van der Waals surface area contributed by atoms with Crippen molar-refractivity contribution in [3.63, 3.8) is 0 Å². The second-order valence-electron chi connectivity index (χ2n) is 4.37. The van der Waals surface area contributed by atoms with Gasteiger partial charge < -0.3 is 5.11 Å². The Hall–Kier alpha value is -0.130. The Kier molecular flexibility index (Phi) is 3.92. The van der Waals surface area contributed by atoms with E-state index in [1.165, 1.54) is 0 Å². The molecule has 0 aromatic rings.